The number of aromatic amines is 1. The van der Waals surface area contributed by atoms with Gasteiger partial charge in [-0.2, -0.15) is 5.10 Å². The van der Waals surface area contributed by atoms with E-state index >= 15 is 0 Å². The number of nitrogens with zero attached hydrogens (tertiary/aromatic N) is 4. The number of H-pyrrole nitrogens is 1. The van der Waals surface area contributed by atoms with E-state index in [2.05, 4.69) is 32.3 Å². The topological polar surface area (TPSA) is 59.4 Å². The molecule has 0 spiro atoms. The second-order valence-corrected chi connectivity index (χ2v) is 6.93. The Balaban J connectivity index is 1.68. The molecular formula is C15H13N5S2. The van der Waals surface area contributed by atoms with Gasteiger partial charge in [-0.25, -0.2) is 9.97 Å². The van der Waals surface area contributed by atoms with Crippen molar-refractivity contribution in [3.05, 3.63) is 52.9 Å². The van der Waals surface area contributed by atoms with Gasteiger partial charge in [-0.1, -0.05) is 11.8 Å². The lowest BCUT2D eigenvalue weighted by atomic mass is 10.2. The summed E-state index contributed by atoms with van der Waals surface area (Å²) in [6, 6.07) is 6.29. The van der Waals surface area contributed by atoms with Gasteiger partial charge in [0.25, 0.3) is 0 Å². The third-order valence-corrected chi connectivity index (χ3v) is 5.25. The normalized spacial score (nSPS) is 11.3. The number of thiazole rings is 1. The molecule has 0 saturated carbocycles. The molecule has 22 heavy (non-hydrogen) atoms. The molecule has 3 heterocycles. The molecule has 0 aliphatic carbocycles. The van der Waals surface area contributed by atoms with Gasteiger partial charge in [0.05, 0.1) is 10.5 Å². The number of aryl methyl sites for hydroxylation is 1. The zero-order valence-electron chi connectivity index (χ0n) is 11.9. The first-order chi connectivity index (χ1) is 10.8. The fraction of sp³-hybridized carbons (Fsp3) is 0.133. The van der Waals surface area contributed by atoms with Crippen molar-refractivity contribution in [2.45, 2.75) is 16.5 Å². The number of hydrogen-bond donors (Lipinski definition) is 1. The van der Waals surface area contributed by atoms with Crippen molar-refractivity contribution in [3.63, 3.8) is 0 Å². The molecular weight excluding hydrogens is 314 g/mol. The van der Waals surface area contributed by atoms with Gasteiger partial charge in [-0.3, -0.25) is 5.10 Å². The summed E-state index contributed by atoms with van der Waals surface area (Å²) in [7, 11) is 2.00. The molecule has 0 bridgehead atoms. The highest BCUT2D eigenvalue weighted by Gasteiger charge is 2.10. The summed E-state index contributed by atoms with van der Waals surface area (Å²) in [5, 5.41) is 12.7. The standard InChI is InChI=1S/C15H13N5S2/c1-20-6-4-17-15(20)22-10-2-3-12-11(8-10)13(19-18-12)9-14-16-5-7-21-14/h2-8H,9H2,1H3,(H,18,19). The first-order valence-electron chi connectivity index (χ1n) is 6.80. The average molecular weight is 327 g/mol. The molecule has 0 aliphatic heterocycles. The van der Waals surface area contributed by atoms with E-state index < -0.39 is 0 Å². The summed E-state index contributed by atoms with van der Waals surface area (Å²) in [5.74, 6) is 0. The minimum absolute atomic E-state index is 0.782. The van der Waals surface area contributed by atoms with Crippen LogP contribution < -0.4 is 0 Å². The number of benzene rings is 1. The average Bonchev–Trinajstić information content (AvgIpc) is 3.24. The van der Waals surface area contributed by atoms with E-state index in [0.29, 0.717) is 0 Å². The van der Waals surface area contributed by atoms with Crippen molar-refractivity contribution < 1.29 is 0 Å². The van der Waals surface area contributed by atoms with E-state index in [1.165, 1.54) is 0 Å². The van der Waals surface area contributed by atoms with Crippen molar-refractivity contribution >= 4 is 34.0 Å². The Labute approximate surface area is 135 Å². The van der Waals surface area contributed by atoms with Gasteiger partial charge in [-0.05, 0) is 18.2 Å². The lowest BCUT2D eigenvalue weighted by Crippen LogP contribution is -1.89. The zero-order chi connectivity index (χ0) is 14.9. The van der Waals surface area contributed by atoms with Gasteiger partial charge in [-0.15, -0.1) is 11.3 Å². The Bertz CT molecular complexity index is 907. The third-order valence-electron chi connectivity index (χ3n) is 3.40. The zero-order valence-corrected chi connectivity index (χ0v) is 13.5. The summed E-state index contributed by atoms with van der Waals surface area (Å²) in [6.07, 6.45) is 6.38. The first kappa shape index (κ1) is 13.5. The highest BCUT2D eigenvalue weighted by atomic mass is 32.2. The van der Waals surface area contributed by atoms with Crippen molar-refractivity contribution in [3.8, 4) is 0 Å². The number of fused-ring (bicyclic) bond motifs is 1. The van der Waals surface area contributed by atoms with Crippen LogP contribution in [0.4, 0.5) is 0 Å². The minimum atomic E-state index is 0.782. The molecule has 1 aromatic carbocycles. The first-order valence-corrected chi connectivity index (χ1v) is 8.50. The van der Waals surface area contributed by atoms with Crippen molar-refractivity contribution in [1.82, 2.24) is 24.7 Å². The monoisotopic (exact) mass is 327 g/mol. The Morgan fingerprint density at radius 2 is 2.23 bits per heavy atom. The summed E-state index contributed by atoms with van der Waals surface area (Å²) >= 11 is 3.32. The molecule has 4 aromatic rings. The van der Waals surface area contributed by atoms with E-state index in [0.717, 1.165) is 38.1 Å². The van der Waals surface area contributed by atoms with Gasteiger partial charge in [0.2, 0.25) is 0 Å². The van der Waals surface area contributed by atoms with Gasteiger partial charge in [0.1, 0.15) is 0 Å². The largest absolute Gasteiger partial charge is 0.329 e. The maximum atomic E-state index is 4.38. The van der Waals surface area contributed by atoms with Crippen LogP contribution in [-0.2, 0) is 13.5 Å². The predicted octanol–water partition coefficient (Wildman–Crippen LogP) is 3.49. The smallest absolute Gasteiger partial charge is 0.172 e. The SMILES string of the molecule is Cn1ccnc1Sc1ccc2n[nH]c(Cc3nccs3)c2c1. The van der Waals surface area contributed by atoms with Gasteiger partial charge >= 0.3 is 0 Å². The second-order valence-electron chi connectivity index (χ2n) is 4.91. The van der Waals surface area contributed by atoms with Crippen LogP contribution in [0.25, 0.3) is 10.9 Å². The Hall–Kier alpha value is -2.12. The van der Waals surface area contributed by atoms with Crippen LogP contribution in [0.15, 0.2) is 52.2 Å². The molecule has 5 nitrogen and oxygen atoms in total. The third kappa shape index (κ3) is 2.53. The molecule has 0 aliphatic rings. The Morgan fingerprint density at radius 1 is 1.27 bits per heavy atom. The van der Waals surface area contributed by atoms with E-state index in [-0.39, 0.29) is 0 Å². The van der Waals surface area contributed by atoms with Crippen molar-refractivity contribution in [2.75, 3.05) is 0 Å². The van der Waals surface area contributed by atoms with Crippen LogP contribution >= 0.6 is 23.1 Å². The van der Waals surface area contributed by atoms with E-state index in [1.807, 2.05) is 41.7 Å². The molecule has 0 atom stereocenters. The van der Waals surface area contributed by atoms with Crippen molar-refractivity contribution in [2.24, 2.45) is 7.05 Å². The number of hydrogen-bond acceptors (Lipinski definition) is 5. The molecule has 0 radical (unpaired) electrons. The van der Waals surface area contributed by atoms with Crippen LogP contribution in [0.2, 0.25) is 0 Å². The fourth-order valence-electron chi connectivity index (χ4n) is 2.29. The molecule has 7 heteroatoms. The predicted molar refractivity (Wildman–Crippen MR) is 88.3 cm³/mol. The highest BCUT2D eigenvalue weighted by Crippen LogP contribution is 2.30. The van der Waals surface area contributed by atoms with Crippen LogP contribution in [0, 0.1) is 0 Å². The Kier molecular flexibility index (Phi) is 3.44. The summed E-state index contributed by atoms with van der Waals surface area (Å²) in [6.45, 7) is 0. The van der Waals surface area contributed by atoms with Crippen LogP contribution in [0.3, 0.4) is 0 Å². The maximum absolute atomic E-state index is 4.38. The molecule has 0 saturated heterocycles. The Morgan fingerprint density at radius 3 is 3.00 bits per heavy atom. The van der Waals surface area contributed by atoms with Gasteiger partial charge < -0.3 is 4.57 Å². The second kappa shape index (κ2) is 5.58. The molecule has 4 rings (SSSR count). The number of aromatic nitrogens is 5. The van der Waals surface area contributed by atoms with E-state index in [4.69, 9.17) is 0 Å². The van der Waals surface area contributed by atoms with Gasteiger partial charge in [0.15, 0.2) is 5.16 Å². The summed E-state index contributed by atoms with van der Waals surface area (Å²) in [4.78, 5) is 9.86. The fourth-order valence-corrected chi connectivity index (χ4v) is 3.76. The van der Waals surface area contributed by atoms with Crippen LogP contribution in [0.5, 0.6) is 0 Å². The lowest BCUT2D eigenvalue weighted by molar-refractivity contribution is 0.790. The molecule has 1 N–H and O–H groups in total. The molecule has 0 amide bonds. The summed E-state index contributed by atoms with van der Waals surface area (Å²) < 4.78 is 2.01. The van der Waals surface area contributed by atoms with E-state index in [1.54, 1.807) is 23.1 Å². The van der Waals surface area contributed by atoms with E-state index in [9.17, 15) is 0 Å². The quantitative estimate of drug-likeness (QED) is 0.623. The number of rotatable bonds is 4. The maximum Gasteiger partial charge on any atom is 0.172 e. The summed E-state index contributed by atoms with van der Waals surface area (Å²) in [5.41, 5.74) is 2.09. The lowest BCUT2D eigenvalue weighted by Gasteiger charge is -2.02. The highest BCUT2D eigenvalue weighted by molar-refractivity contribution is 7.99. The molecule has 0 unspecified atom stereocenters. The molecule has 110 valence electrons. The molecule has 3 aromatic heterocycles. The van der Waals surface area contributed by atoms with Crippen molar-refractivity contribution in [1.29, 1.82) is 0 Å². The number of imidazole rings is 1. The minimum Gasteiger partial charge on any atom is -0.329 e. The van der Waals surface area contributed by atoms with Crippen LogP contribution in [0.1, 0.15) is 10.7 Å². The van der Waals surface area contributed by atoms with Crippen LogP contribution in [-0.4, -0.2) is 24.7 Å². The molecule has 0 fully saturated rings. The number of nitrogens with one attached hydrogen (secondary N) is 1. The van der Waals surface area contributed by atoms with Gasteiger partial charge in [0, 0.05) is 53.4 Å².